The molecule has 0 saturated heterocycles. The molecular weight excluding hydrogens is 222 g/mol. The molecule has 2 rings (SSSR count). The van der Waals surface area contributed by atoms with E-state index in [1.54, 1.807) is 20.9 Å². The third kappa shape index (κ3) is 1.71. The van der Waals surface area contributed by atoms with Crippen molar-refractivity contribution in [1.29, 1.82) is 0 Å². The van der Waals surface area contributed by atoms with Gasteiger partial charge in [-0.25, -0.2) is 4.79 Å². The summed E-state index contributed by atoms with van der Waals surface area (Å²) in [5, 5.41) is 4.13. The van der Waals surface area contributed by atoms with Gasteiger partial charge < -0.3 is 9.72 Å². The Morgan fingerprint density at radius 1 is 1.59 bits per heavy atom. The molecule has 6 heteroatoms. The molecule has 0 amide bonds. The van der Waals surface area contributed by atoms with Crippen LogP contribution in [0, 0.1) is 6.92 Å². The van der Waals surface area contributed by atoms with Crippen LogP contribution in [0.2, 0.25) is 0 Å². The lowest BCUT2D eigenvalue weighted by Gasteiger charge is -2.01. The Bertz CT molecular complexity index is 639. The molecule has 0 spiro atoms. The molecule has 0 saturated carbocycles. The van der Waals surface area contributed by atoms with Gasteiger partial charge in [0.1, 0.15) is 11.1 Å². The number of fused-ring (bicyclic) bond motifs is 1. The molecule has 90 valence electrons. The maximum absolute atomic E-state index is 12.1. The molecule has 0 bridgehead atoms. The summed E-state index contributed by atoms with van der Waals surface area (Å²) in [6, 6.07) is 0. The standard InChI is InChI=1S/C11H13N3O3/c1-4-17-11(16)7-5-12-8-6(2)13-14(3)9(8)10(7)15/h5H,4H2,1-3H3,(H,12,15). The van der Waals surface area contributed by atoms with Crippen LogP contribution >= 0.6 is 0 Å². The van der Waals surface area contributed by atoms with E-state index in [0.29, 0.717) is 11.0 Å². The first kappa shape index (κ1) is 11.4. The number of hydrogen-bond donors (Lipinski definition) is 1. The average Bonchev–Trinajstić information content (AvgIpc) is 2.56. The topological polar surface area (TPSA) is 77.0 Å². The van der Waals surface area contributed by atoms with Crippen LogP contribution in [0.15, 0.2) is 11.0 Å². The van der Waals surface area contributed by atoms with Gasteiger partial charge in [-0.1, -0.05) is 0 Å². The molecule has 0 aliphatic carbocycles. The van der Waals surface area contributed by atoms with Gasteiger partial charge in [0.2, 0.25) is 5.43 Å². The minimum Gasteiger partial charge on any atom is -0.462 e. The summed E-state index contributed by atoms with van der Waals surface area (Å²) >= 11 is 0. The summed E-state index contributed by atoms with van der Waals surface area (Å²) in [4.78, 5) is 26.6. The van der Waals surface area contributed by atoms with Gasteiger partial charge in [0.15, 0.2) is 0 Å². The van der Waals surface area contributed by atoms with Gasteiger partial charge in [-0.05, 0) is 13.8 Å². The van der Waals surface area contributed by atoms with Crippen LogP contribution in [-0.2, 0) is 11.8 Å². The second-order valence-corrected chi connectivity index (χ2v) is 3.68. The summed E-state index contributed by atoms with van der Waals surface area (Å²) in [5.74, 6) is -0.616. The van der Waals surface area contributed by atoms with E-state index in [9.17, 15) is 9.59 Å². The fraction of sp³-hybridized carbons (Fsp3) is 0.364. The highest BCUT2D eigenvalue weighted by Crippen LogP contribution is 2.11. The first-order valence-corrected chi connectivity index (χ1v) is 5.28. The summed E-state index contributed by atoms with van der Waals surface area (Å²) in [6.45, 7) is 3.72. The van der Waals surface area contributed by atoms with E-state index in [0.717, 1.165) is 5.69 Å². The van der Waals surface area contributed by atoms with Crippen LogP contribution in [0.5, 0.6) is 0 Å². The first-order chi connectivity index (χ1) is 8.06. The Kier molecular flexibility index (Phi) is 2.71. The van der Waals surface area contributed by atoms with E-state index in [4.69, 9.17) is 4.74 Å². The fourth-order valence-corrected chi connectivity index (χ4v) is 1.79. The van der Waals surface area contributed by atoms with Crippen molar-refractivity contribution >= 4 is 17.0 Å². The van der Waals surface area contributed by atoms with Crippen molar-refractivity contribution in [3.05, 3.63) is 27.7 Å². The van der Waals surface area contributed by atoms with Gasteiger partial charge in [0.05, 0.1) is 17.8 Å². The van der Waals surface area contributed by atoms with Gasteiger partial charge in [0.25, 0.3) is 0 Å². The lowest BCUT2D eigenvalue weighted by Crippen LogP contribution is -2.19. The predicted octanol–water partition coefficient (Wildman–Crippen LogP) is 0.747. The lowest BCUT2D eigenvalue weighted by molar-refractivity contribution is 0.0524. The minimum atomic E-state index is -0.616. The van der Waals surface area contributed by atoms with Gasteiger partial charge in [0, 0.05) is 13.2 Å². The number of pyridine rings is 1. The number of H-pyrrole nitrogens is 1. The SMILES string of the molecule is CCOC(=O)c1c[nH]c2c(C)nn(C)c2c1=O. The van der Waals surface area contributed by atoms with E-state index in [-0.39, 0.29) is 17.6 Å². The average molecular weight is 235 g/mol. The van der Waals surface area contributed by atoms with E-state index < -0.39 is 5.97 Å². The van der Waals surface area contributed by atoms with Crippen molar-refractivity contribution < 1.29 is 9.53 Å². The summed E-state index contributed by atoms with van der Waals surface area (Å²) in [7, 11) is 1.67. The van der Waals surface area contributed by atoms with Crippen molar-refractivity contribution in [2.45, 2.75) is 13.8 Å². The number of aromatic amines is 1. The Balaban J connectivity index is 2.70. The second kappa shape index (κ2) is 4.04. The van der Waals surface area contributed by atoms with Crippen LogP contribution in [0.1, 0.15) is 23.0 Å². The zero-order valence-electron chi connectivity index (χ0n) is 9.90. The van der Waals surface area contributed by atoms with Crippen molar-refractivity contribution in [3.63, 3.8) is 0 Å². The molecule has 0 aliphatic rings. The van der Waals surface area contributed by atoms with E-state index in [1.165, 1.54) is 10.9 Å². The number of ether oxygens (including phenoxy) is 1. The van der Waals surface area contributed by atoms with E-state index >= 15 is 0 Å². The van der Waals surface area contributed by atoms with Crippen LogP contribution in [0.25, 0.3) is 11.0 Å². The van der Waals surface area contributed by atoms with Gasteiger partial charge in [-0.3, -0.25) is 9.48 Å². The number of carbonyl (C=O) groups excluding carboxylic acids is 1. The van der Waals surface area contributed by atoms with Crippen LogP contribution < -0.4 is 5.43 Å². The predicted molar refractivity (Wildman–Crippen MR) is 62.0 cm³/mol. The van der Waals surface area contributed by atoms with E-state index in [2.05, 4.69) is 10.1 Å². The number of aryl methyl sites for hydroxylation is 2. The number of esters is 1. The molecule has 0 aromatic carbocycles. The highest BCUT2D eigenvalue weighted by Gasteiger charge is 2.17. The van der Waals surface area contributed by atoms with Gasteiger partial charge >= 0.3 is 5.97 Å². The smallest absolute Gasteiger partial charge is 0.343 e. The first-order valence-electron chi connectivity index (χ1n) is 5.28. The number of nitrogens with zero attached hydrogens (tertiary/aromatic N) is 2. The highest BCUT2D eigenvalue weighted by atomic mass is 16.5. The van der Waals surface area contributed by atoms with Crippen molar-refractivity contribution in [1.82, 2.24) is 14.8 Å². The molecular formula is C11H13N3O3. The molecule has 0 atom stereocenters. The fourth-order valence-electron chi connectivity index (χ4n) is 1.79. The molecule has 2 heterocycles. The van der Waals surface area contributed by atoms with Crippen LogP contribution in [-0.4, -0.2) is 27.3 Å². The third-order valence-electron chi connectivity index (χ3n) is 2.54. The van der Waals surface area contributed by atoms with E-state index in [1.807, 2.05) is 0 Å². The highest BCUT2D eigenvalue weighted by molar-refractivity contribution is 5.93. The second-order valence-electron chi connectivity index (χ2n) is 3.68. The Labute approximate surface area is 97.2 Å². The van der Waals surface area contributed by atoms with Gasteiger partial charge in [-0.15, -0.1) is 0 Å². The molecule has 1 N–H and O–H groups in total. The molecule has 2 aromatic heterocycles. The number of nitrogens with one attached hydrogen (secondary N) is 1. The molecule has 0 unspecified atom stereocenters. The monoisotopic (exact) mass is 235 g/mol. The summed E-state index contributed by atoms with van der Waals surface area (Å²) in [6.07, 6.45) is 1.37. The summed E-state index contributed by atoms with van der Waals surface area (Å²) < 4.78 is 6.28. The third-order valence-corrected chi connectivity index (χ3v) is 2.54. The molecule has 6 nitrogen and oxygen atoms in total. The van der Waals surface area contributed by atoms with Crippen molar-refractivity contribution in [2.75, 3.05) is 6.61 Å². The maximum atomic E-state index is 12.1. The minimum absolute atomic E-state index is 0.00218. The number of aromatic nitrogens is 3. The van der Waals surface area contributed by atoms with Gasteiger partial charge in [-0.2, -0.15) is 5.10 Å². The Morgan fingerprint density at radius 3 is 2.94 bits per heavy atom. The Hall–Kier alpha value is -2.11. The number of carbonyl (C=O) groups is 1. The molecule has 17 heavy (non-hydrogen) atoms. The number of rotatable bonds is 2. The van der Waals surface area contributed by atoms with Crippen LogP contribution in [0.4, 0.5) is 0 Å². The molecule has 0 fully saturated rings. The molecule has 0 aliphatic heterocycles. The van der Waals surface area contributed by atoms with Crippen LogP contribution in [0.3, 0.4) is 0 Å². The van der Waals surface area contributed by atoms with Crippen molar-refractivity contribution in [2.24, 2.45) is 7.05 Å². The zero-order valence-corrected chi connectivity index (χ0v) is 9.90. The lowest BCUT2D eigenvalue weighted by atomic mass is 10.2. The molecule has 0 radical (unpaired) electrons. The zero-order chi connectivity index (χ0) is 12.6. The molecule has 2 aromatic rings. The largest absolute Gasteiger partial charge is 0.462 e. The Morgan fingerprint density at radius 2 is 2.29 bits per heavy atom. The quantitative estimate of drug-likeness (QED) is 0.779. The number of hydrogen-bond acceptors (Lipinski definition) is 4. The maximum Gasteiger partial charge on any atom is 0.343 e. The normalized spacial score (nSPS) is 10.8. The summed E-state index contributed by atoms with van der Waals surface area (Å²) in [5.41, 5.74) is 1.39. The van der Waals surface area contributed by atoms with Crippen molar-refractivity contribution in [3.8, 4) is 0 Å².